The van der Waals surface area contributed by atoms with Gasteiger partial charge >= 0.3 is 0 Å². The summed E-state index contributed by atoms with van der Waals surface area (Å²) in [4.78, 5) is 0. The summed E-state index contributed by atoms with van der Waals surface area (Å²) >= 11 is 0. The summed E-state index contributed by atoms with van der Waals surface area (Å²) in [5.74, 6) is 0.983. The summed E-state index contributed by atoms with van der Waals surface area (Å²) in [5.41, 5.74) is 3.86. The van der Waals surface area contributed by atoms with Gasteiger partial charge in [0.2, 0.25) is 0 Å². The van der Waals surface area contributed by atoms with Crippen molar-refractivity contribution in [3.63, 3.8) is 0 Å². The zero-order valence-electron chi connectivity index (χ0n) is 11.5. The Labute approximate surface area is 120 Å². The van der Waals surface area contributed by atoms with Gasteiger partial charge < -0.3 is 4.74 Å². The van der Waals surface area contributed by atoms with Crippen LogP contribution in [0.4, 0.5) is 0 Å². The second kappa shape index (κ2) is 6.25. The van der Waals surface area contributed by atoms with Crippen molar-refractivity contribution in [3.8, 4) is 0 Å². The van der Waals surface area contributed by atoms with Crippen molar-refractivity contribution >= 4 is 5.76 Å². The number of benzene rings is 2. The Hall–Kier alpha value is -2.28. The first-order chi connectivity index (χ1) is 9.92. The van der Waals surface area contributed by atoms with Crippen LogP contribution in [-0.4, -0.2) is 6.61 Å². The predicted molar refractivity (Wildman–Crippen MR) is 83.2 cm³/mol. The normalized spacial score (nSPS) is 16.6. The lowest BCUT2D eigenvalue weighted by Crippen LogP contribution is -2.03. The lowest BCUT2D eigenvalue weighted by molar-refractivity contribution is 0.273. The zero-order valence-corrected chi connectivity index (χ0v) is 11.5. The minimum Gasteiger partial charge on any atom is -0.493 e. The third-order valence-electron chi connectivity index (χ3n) is 3.47. The predicted octanol–water partition coefficient (Wildman–Crippen LogP) is 4.62. The minimum absolute atomic E-state index is 0.765. The molecule has 100 valence electrons. The average Bonchev–Trinajstić information content (AvgIpc) is 2.55. The second-order valence-corrected chi connectivity index (χ2v) is 4.94. The summed E-state index contributed by atoms with van der Waals surface area (Å²) in [6.45, 7) is 0.765. The van der Waals surface area contributed by atoms with Gasteiger partial charge in [-0.15, -0.1) is 0 Å². The molecule has 0 amide bonds. The van der Waals surface area contributed by atoms with E-state index in [4.69, 9.17) is 4.74 Å². The fraction of sp³-hybridized carbons (Fsp3) is 0.158. The van der Waals surface area contributed by atoms with Gasteiger partial charge in [0.25, 0.3) is 0 Å². The molecule has 0 unspecified atom stereocenters. The monoisotopic (exact) mass is 262 g/mol. The fourth-order valence-corrected chi connectivity index (χ4v) is 2.35. The molecule has 0 aliphatic carbocycles. The molecule has 1 nitrogen and oxygen atoms in total. The van der Waals surface area contributed by atoms with Crippen molar-refractivity contribution in [1.82, 2.24) is 0 Å². The largest absolute Gasteiger partial charge is 0.493 e. The van der Waals surface area contributed by atoms with E-state index >= 15 is 0 Å². The molecule has 0 saturated carbocycles. The first kappa shape index (κ1) is 12.7. The van der Waals surface area contributed by atoms with Gasteiger partial charge in [0.15, 0.2) is 0 Å². The quantitative estimate of drug-likeness (QED) is 0.784. The molecule has 0 bridgehead atoms. The fourth-order valence-electron chi connectivity index (χ4n) is 2.35. The third kappa shape index (κ3) is 3.18. The van der Waals surface area contributed by atoms with Crippen LogP contribution in [0, 0.1) is 0 Å². The van der Waals surface area contributed by atoms with Crippen LogP contribution in [0.1, 0.15) is 17.5 Å². The van der Waals surface area contributed by atoms with Gasteiger partial charge in [-0.1, -0.05) is 66.7 Å². The molecule has 1 aliphatic heterocycles. The summed E-state index contributed by atoms with van der Waals surface area (Å²) in [6.07, 6.45) is 6.44. The van der Waals surface area contributed by atoms with E-state index in [1.807, 2.05) is 18.2 Å². The van der Waals surface area contributed by atoms with Gasteiger partial charge in [-0.05, 0) is 23.6 Å². The van der Waals surface area contributed by atoms with Crippen LogP contribution in [0.3, 0.4) is 0 Å². The molecular formula is C19H18O. The Morgan fingerprint density at radius 1 is 0.900 bits per heavy atom. The van der Waals surface area contributed by atoms with Crippen LogP contribution in [0.2, 0.25) is 0 Å². The SMILES string of the molecule is C1=C(c2ccccc2)OCC/C1=C\Cc1ccccc1. The summed E-state index contributed by atoms with van der Waals surface area (Å²) in [6, 6.07) is 20.8. The Morgan fingerprint density at radius 2 is 1.60 bits per heavy atom. The van der Waals surface area contributed by atoms with Crippen LogP contribution < -0.4 is 0 Å². The molecule has 0 atom stereocenters. The topological polar surface area (TPSA) is 9.23 Å². The van der Waals surface area contributed by atoms with Crippen molar-refractivity contribution in [1.29, 1.82) is 0 Å². The summed E-state index contributed by atoms with van der Waals surface area (Å²) in [7, 11) is 0. The van der Waals surface area contributed by atoms with Crippen molar-refractivity contribution in [2.45, 2.75) is 12.8 Å². The number of hydrogen-bond acceptors (Lipinski definition) is 1. The first-order valence-electron chi connectivity index (χ1n) is 7.05. The van der Waals surface area contributed by atoms with E-state index in [1.54, 1.807) is 0 Å². The van der Waals surface area contributed by atoms with Gasteiger partial charge in [0.05, 0.1) is 6.61 Å². The summed E-state index contributed by atoms with van der Waals surface area (Å²) < 4.78 is 5.77. The maximum atomic E-state index is 5.77. The van der Waals surface area contributed by atoms with Gasteiger partial charge in [-0.25, -0.2) is 0 Å². The van der Waals surface area contributed by atoms with Gasteiger partial charge in [-0.3, -0.25) is 0 Å². The van der Waals surface area contributed by atoms with Gasteiger partial charge in [0, 0.05) is 12.0 Å². The van der Waals surface area contributed by atoms with E-state index in [0.717, 1.165) is 30.8 Å². The van der Waals surface area contributed by atoms with Crippen LogP contribution in [-0.2, 0) is 11.2 Å². The molecule has 20 heavy (non-hydrogen) atoms. The molecular weight excluding hydrogens is 244 g/mol. The van der Waals surface area contributed by atoms with E-state index < -0.39 is 0 Å². The molecule has 0 aromatic heterocycles. The molecule has 2 aromatic rings. The smallest absolute Gasteiger partial charge is 0.126 e. The highest BCUT2D eigenvalue weighted by atomic mass is 16.5. The minimum atomic E-state index is 0.765. The van der Waals surface area contributed by atoms with E-state index in [0.29, 0.717) is 0 Å². The standard InChI is InChI=1S/C19H18O/c1-3-7-16(8-4-1)11-12-17-13-14-20-19(15-17)18-9-5-2-6-10-18/h1-10,12,15H,11,13-14H2/b17-12+. The molecule has 0 radical (unpaired) electrons. The van der Waals surface area contributed by atoms with Crippen LogP contribution in [0.15, 0.2) is 78.4 Å². The summed E-state index contributed by atoms with van der Waals surface area (Å²) in [5, 5.41) is 0. The highest BCUT2D eigenvalue weighted by Crippen LogP contribution is 2.24. The highest BCUT2D eigenvalue weighted by molar-refractivity contribution is 5.63. The van der Waals surface area contributed by atoms with Crippen LogP contribution in [0.5, 0.6) is 0 Å². The number of hydrogen-bond donors (Lipinski definition) is 0. The first-order valence-corrected chi connectivity index (χ1v) is 7.05. The maximum absolute atomic E-state index is 5.77. The molecule has 0 N–H and O–H groups in total. The molecule has 3 rings (SSSR count). The van der Waals surface area contributed by atoms with Crippen molar-refractivity contribution in [3.05, 3.63) is 89.5 Å². The Balaban J connectivity index is 1.77. The van der Waals surface area contributed by atoms with Gasteiger partial charge in [-0.2, -0.15) is 0 Å². The number of allylic oxidation sites excluding steroid dienone is 2. The van der Waals surface area contributed by atoms with Gasteiger partial charge in [0.1, 0.15) is 5.76 Å². The average molecular weight is 262 g/mol. The van der Waals surface area contributed by atoms with E-state index in [-0.39, 0.29) is 0 Å². The molecule has 1 heterocycles. The molecule has 2 aromatic carbocycles. The van der Waals surface area contributed by atoms with Crippen LogP contribution in [0.25, 0.3) is 5.76 Å². The third-order valence-corrected chi connectivity index (χ3v) is 3.47. The van der Waals surface area contributed by atoms with E-state index in [2.05, 4.69) is 54.6 Å². The lowest BCUT2D eigenvalue weighted by atomic mass is 10.0. The molecule has 0 fully saturated rings. The lowest BCUT2D eigenvalue weighted by Gasteiger charge is -2.17. The number of rotatable bonds is 3. The van der Waals surface area contributed by atoms with Crippen LogP contribution >= 0.6 is 0 Å². The maximum Gasteiger partial charge on any atom is 0.126 e. The molecule has 0 saturated heterocycles. The molecule has 0 spiro atoms. The van der Waals surface area contributed by atoms with Crippen molar-refractivity contribution < 1.29 is 4.74 Å². The number of ether oxygens (including phenoxy) is 1. The zero-order chi connectivity index (χ0) is 13.6. The van der Waals surface area contributed by atoms with Crippen molar-refractivity contribution in [2.24, 2.45) is 0 Å². The Kier molecular flexibility index (Phi) is 3.98. The van der Waals surface area contributed by atoms with Crippen molar-refractivity contribution in [2.75, 3.05) is 6.61 Å². The second-order valence-electron chi connectivity index (χ2n) is 4.94. The molecule has 1 aliphatic rings. The Morgan fingerprint density at radius 3 is 2.35 bits per heavy atom. The van der Waals surface area contributed by atoms with E-state index in [9.17, 15) is 0 Å². The molecule has 1 heteroatoms. The van der Waals surface area contributed by atoms with E-state index in [1.165, 1.54) is 11.1 Å². The highest BCUT2D eigenvalue weighted by Gasteiger charge is 2.09. The Bertz CT molecular complexity index is 609.